The van der Waals surface area contributed by atoms with E-state index in [2.05, 4.69) is 35.3 Å². The highest BCUT2D eigenvalue weighted by molar-refractivity contribution is 5.90. The predicted octanol–water partition coefficient (Wildman–Crippen LogP) is 2.50. The standard InChI is InChI=1S/C19H24N4O2/c1-13-5-4-6-14(11-13)8-9-18(24)23-10-3-2-7-17(23)15-12-16(19(20)25)22-21-15/h4-6,11-12,17H,2-3,7-10H2,1H3,(H2,20,25)(H,21,22). The number of aromatic amines is 1. The number of nitrogens with zero attached hydrogens (tertiary/aromatic N) is 2. The summed E-state index contributed by atoms with van der Waals surface area (Å²) in [5, 5.41) is 6.83. The first-order chi connectivity index (χ1) is 12.0. The lowest BCUT2D eigenvalue weighted by atomic mass is 9.98. The second-order valence-corrected chi connectivity index (χ2v) is 6.66. The minimum atomic E-state index is -0.560. The molecule has 0 aliphatic carbocycles. The zero-order valence-corrected chi connectivity index (χ0v) is 14.5. The molecule has 25 heavy (non-hydrogen) atoms. The van der Waals surface area contributed by atoms with Gasteiger partial charge in [-0.2, -0.15) is 5.10 Å². The number of carbonyl (C=O) groups excluding carboxylic acids is 2. The minimum Gasteiger partial charge on any atom is -0.364 e. The molecule has 1 fully saturated rings. The fourth-order valence-electron chi connectivity index (χ4n) is 3.45. The number of aromatic nitrogens is 2. The summed E-state index contributed by atoms with van der Waals surface area (Å²) in [5.41, 5.74) is 8.66. The molecule has 0 bridgehead atoms. The van der Waals surface area contributed by atoms with Crippen LogP contribution >= 0.6 is 0 Å². The third-order valence-corrected chi connectivity index (χ3v) is 4.74. The van der Waals surface area contributed by atoms with E-state index in [4.69, 9.17) is 5.73 Å². The Balaban J connectivity index is 1.69. The second-order valence-electron chi connectivity index (χ2n) is 6.66. The van der Waals surface area contributed by atoms with E-state index in [-0.39, 0.29) is 17.6 Å². The van der Waals surface area contributed by atoms with E-state index in [0.29, 0.717) is 6.42 Å². The fourth-order valence-corrected chi connectivity index (χ4v) is 3.45. The lowest BCUT2D eigenvalue weighted by Gasteiger charge is -2.35. The van der Waals surface area contributed by atoms with Crippen molar-refractivity contribution < 1.29 is 9.59 Å². The number of aryl methyl sites for hydroxylation is 2. The molecule has 2 aromatic rings. The summed E-state index contributed by atoms with van der Waals surface area (Å²) < 4.78 is 0. The minimum absolute atomic E-state index is 0.0561. The Labute approximate surface area is 147 Å². The summed E-state index contributed by atoms with van der Waals surface area (Å²) in [6.45, 7) is 2.79. The number of piperidine rings is 1. The van der Waals surface area contributed by atoms with Gasteiger partial charge >= 0.3 is 0 Å². The highest BCUT2D eigenvalue weighted by Crippen LogP contribution is 2.30. The molecule has 1 aliphatic rings. The van der Waals surface area contributed by atoms with Gasteiger partial charge in [-0.1, -0.05) is 29.8 Å². The van der Waals surface area contributed by atoms with Gasteiger partial charge in [-0.25, -0.2) is 0 Å². The molecule has 6 heteroatoms. The fraction of sp³-hybridized carbons (Fsp3) is 0.421. The van der Waals surface area contributed by atoms with Gasteiger partial charge in [0.15, 0.2) is 0 Å². The normalized spacial score (nSPS) is 17.5. The summed E-state index contributed by atoms with van der Waals surface area (Å²) in [4.78, 5) is 26.0. The number of amides is 2. The molecule has 1 saturated heterocycles. The Kier molecular flexibility index (Phi) is 5.16. The van der Waals surface area contributed by atoms with Gasteiger partial charge in [-0.15, -0.1) is 0 Å². The van der Waals surface area contributed by atoms with E-state index >= 15 is 0 Å². The van der Waals surface area contributed by atoms with Crippen molar-refractivity contribution in [2.75, 3.05) is 6.54 Å². The number of hydrogen-bond acceptors (Lipinski definition) is 3. The zero-order valence-electron chi connectivity index (χ0n) is 14.5. The smallest absolute Gasteiger partial charge is 0.269 e. The number of benzene rings is 1. The number of likely N-dealkylation sites (tertiary alicyclic amines) is 1. The van der Waals surface area contributed by atoms with E-state index in [9.17, 15) is 9.59 Å². The van der Waals surface area contributed by atoms with Crippen LogP contribution in [0.2, 0.25) is 0 Å². The zero-order chi connectivity index (χ0) is 17.8. The number of carbonyl (C=O) groups is 2. The quantitative estimate of drug-likeness (QED) is 0.876. The van der Waals surface area contributed by atoms with Crippen LogP contribution in [-0.4, -0.2) is 33.5 Å². The SMILES string of the molecule is Cc1cccc(CCC(=O)N2CCCCC2c2cc(C(N)=O)n[nH]2)c1. The van der Waals surface area contributed by atoms with E-state index in [1.165, 1.54) is 11.1 Å². The van der Waals surface area contributed by atoms with E-state index < -0.39 is 5.91 Å². The third kappa shape index (κ3) is 4.07. The molecule has 132 valence electrons. The van der Waals surface area contributed by atoms with Crippen molar-refractivity contribution in [3.8, 4) is 0 Å². The van der Waals surface area contributed by atoms with E-state index in [1.807, 2.05) is 11.0 Å². The Hall–Kier alpha value is -2.63. The van der Waals surface area contributed by atoms with Gasteiger partial charge in [0.25, 0.3) is 5.91 Å². The van der Waals surface area contributed by atoms with Crippen molar-refractivity contribution in [2.45, 2.75) is 45.1 Å². The van der Waals surface area contributed by atoms with Gasteiger partial charge in [-0.3, -0.25) is 14.7 Å². The van der Waals surface area contributed by atoms with Crippen molar-refractivity contribution in [3.63, 3.8) is 0 Å². The highest BCUT2D eigenvalue weighted by atomic mass is 16.2. The molecular weight excluding hydrogens is 316 g/mol. The van der Waals surface area contributed by atoms with Crippen molar-refractivity contribution in [1.82, 2.24) is 15.1 Å². The molecule has 3 N–H and O–H groups in total. The molecule has 1 unspecified atom stereocenters. The molecule has 6 nitrogen and oxygen atoms in total. The van der Waals surface area contributed by atoms with Crippen LogP contribution in [0.15, 0.2) is 30.3 Å². The number of hydrogen-bond donors (Lipinski definition) is 2. The summed E-state index contributed by atoms with van der Waals surface area (Å²) in [7, 11) is 0. The van der Waals surface area contributed by atoms with Crippen LogP contribution in [0.25, 0.3) is 0 Å². The van der Waals surface area contributed by atoms with Gasteiger partial charge in [0.2, 0.25) is 5.91 Å². The maximum atomic E-state index is 12.8. The maximum absolute atomic E-state index is 12.8. The van der Waals surface area contributed by atoms with E-state index in [1.54, 1.807) is 6.07 Å². The third-order valence-electron chi connectivity index (χ3n) is 4.74. The van der Waals surface area contributed by atoms with Crippen LogP contribution in [0.1, 0.15) is 59.0 Å². The van der Waals surface area contributed by atoms with Crippen LogP contribution in [0, 0.1) is 6.92 Å². The number of primary amides is 1. The van der Waals surface area contributed by atoms with Crippen molar-refractivity contribution >= 4 is 11.8 Å². The average molecular weight is 340 g/mol. The number of nitrogens with two attached hydrogens (primary N) is 1. The predicted molar refractivity (Wildman–Crippen MR) is 94.9 cm³/mol. The molecule has 1 aromatic carbocycles. The van der Waals surface area contributed by atoms with Crippen LogP contribution in [0.4, 0.5) is 0 Å². The molecular formula is C19H24N4O2. The summed E-state index contributed by atoms with van der Waals surface area (Å²) >= 11 is 0. The molecule has 3 rings (SSSR count). The maximum Gasteiger partial charge on any atom is 0.269 e. The Bertz CT molecular complexity index is 768. The van der Waals surface area contributed by atoms with Gasteiger partial charge in [0, 0.05) is 13.0 Å². The van der Waals surface area contributed by atoms with Gasteiger partial charge < -0.3 is 10.6 Å². The van der Waals surface area contributed by atoms with Crippen LogP contribution in [0.5, 0.6) is 0 Å². The molecule has 0 saturated carbocycles. The summed E-state index contributed by atoms with van der Waals surface area (Å²) in [6, 6.07) is 9.87. The molecule has 2 amide bonds. The van der Waals surface area contributed by atoms with Crippen LogP contribution in [-0.2, 0) is 11.2 Å². The molecule has 1 atom stereocenters. The van der Waals surface area contributed by atoms with Crippen molar-refractivity contribution in [1.29, 1.82) is 0 Å². The Morgan fingerprint density at radius 3 is 2.88 bits per heavy atom. The number of H-pyrrole nitrogens is 1. The first-order valence-corrected chi connectivity index (χ1v) is 8.74. The first kappa shape index (κ1) is 17.2. The molecule has 0 spiro atoms. The number of rotatable bonds is 5. The molecule has 1 aromatic heterocycles. The molecule has 2 heterocycles. The Morgan fingerprint density at radius 1 is 1.32 bits per heavy atom. The largest absolute Gasteiger partial charge is 0.364 e. The summed E-state index contributed by atoms with van der Waals surface area (Å²) in [6.07, 6.45) is 4.15. The molecule has 0 radical (unpaired) electrons. The van der Waals surface area contributed by atoms with Gasteiger partial charge in [0.1, 0.15) is 5.69 Å². The second kappa shape index (κ2) is 7.51. The van der Waals surface area contributed by atoms with Crippen molar-refractivity contribution in [2.24, 2.45) is 5.73 Å². The lowest BCUT2D eigenvalue weighted by Crippen LogP contribution is -2.38. The van der Waals surface area contributed by atoms with Crippen molar-refractivity contribution in [3.05, 3.63) is 52.8 Å². The van der Waals surface area contributed by atoms with Gasteiger partial charge in [-0.05, 0) is 44.2 Å². The lowest BCUT2D eigenvalue weighted by molar-refractivity contribution is -0.135. The first-order valence-electron chi connectivity index (χ1n) is 8.74. The molecule has 1 aliphatic heterocycles. The number of nitrogens with one attached hydrogen (secondary N) is 1. The van der Waals surface area contributed by atoms with Crippen LogP contribution < -0.4 is 5.73 Å². The average Bonchev–Trinajstić information content (AvgIpc) is 3.10. The summed E-state index contributed by atoms with van der Waals surface area (Å²) in [5.74, 6) is -0.419. The topological polar surface area (TPSA) is 92.1 Å². The monoisotopic (exact) mass is 340 g/mol. The highest BCUT2D eigenvalue weighted by Gasteiger charge is 2.29. The Morgan fingerprint density at radius 2 is 2.16 bits per heavy atom. The van der Waals surface area contributed by atoms with Crippen LogP contribution in [0.3, 0.4) is 0 Å². The van der Waals surface area contributed by atoms with E-state index in [0.717, 1.165) is 37.9 Å². The van der Waals surface area contributed by atoms with Gasteiger partial charge in [0.05, 0.1) is 11.7 Å².